The predicted octanol–water partition coefficient (Wildman–Crippen LogP) is 1.75. The van der Waals surface area contributed by atoms with Crippen molar-refractivity contribution >= 4 is 21.5 Å². The summed E-state index contributed by atoms with van der Waals surface area (Å²) in [7, 11) is -0.317. The fraction of sp³-hybridized carbons (Fsp3) is 0.417. The van der Waals surface area contributed by atoms with Crippen LogP contribution in [0.1, 0.15) is 18.9 Å². The van der Waals surface area contributed by atoms with Crippen LogP contribution >= 0.6 is 0 Å². The average Bonchev–Trinajstić information content (AvgIpc) is 2.37. The van der Waals surface area contributed by atoms with Gasteiger partial charge < -0.3 is 5.32 Å². The number of anilines is 1. The number of amidine groups is 1. The van der Waals surface area contributed by atoms with E-state index in [2.05, 4.69) is 15.0 Å². The van der Waals surface area contributed by atoms with Crippen LogP contribution in [0.5, 0.6) is 0 Å². The average molecular weight is 269 g/mol. The summed E-state index contributed by atoms with van der Waals surface area (Å²) < 4.78 is 25.7. The molecule has 1 rings (SSSR count). The van der Waals surface area contributed by atoms with Crippen molar-refractivity contribution in [3.05, 3.63) is 23.8 Å². The number of hydrogen-bond donors (Lipinski definition) is 2. The molecule has 5 nitrogen and oxygen atoms in total. The normalized spacial score (nSPS) is 12.6. The maximum absolute atomic E-state index is 11.7. The zero-order valence-electron chi connectivity index (χ0n) is 11.1. The van der Waals surface area contributed by atoms with Crippen LogP contribution in [0.25, 0.3) is 0 Å². The molecule has 0 spiro atoms. The van der Waals surface area contributed by atoms with Crippen molar-refractivity contribution in [3.63, 3.8) is 0 Å². The van der Waals surface area contributed by atoms with Gasteiger partial charge in [0.25, 0.3) is 0 Å². The van der Waals surface area contributed by atoms with Crippen molar-refractivity contribution in [3.8, 4) is 0 Å². The summed E-state index contributed by atoms with van der Waals surface area (Å²) in [4.78, 5) is 4.34. The molecule has 100 valence electrons. The second kappa shape index (κ2) is 5.97. The molecule has 6 heteroatoms. The van der Waals surface area contributed by atoms with Crippen LogP contribution in [0.3, 0.4) is 0 Å². The summed E-state index contributed by atoms with van der Waals surface area (Å²) >= 11 is 0. The third kappa shape index (κ3) is 3.30. The van der Waals surface area contributed by atoms with Crippen molar-refractivity contribution in [1.29, 1.82) is 0 Å². The Morgan fingerprint density at radius 2 is 2.06 bits per heavy atom. The Balaban J connectivity index is 3.18. The van der Waals surface area contributed by atoms with Crippen LogP contribution in [0.15, 0.2) is 28.1 Å². The molecule has 0 aliphatic carbocycles. The van der Waals surface area contributed by atoms with Gasteiger partial charge in [-0.1, -0.05) is 13.0 Å². The smallest absolute Gasteiger partial charge is 0.240 e. The summed E-state index contributed by atoms with van der Waals surface area (Å²) in [6.45, 7) is 3.90. The van der Waals surface area contributed by atoms with Gasteiger partial charge in [0, 0.05) is 19.2 Å². The first kappa shape index (κ1) is 14.7. The third-order valence-electron chi connectivity index (χ3n) is 2.67. The highest BCUT2D eigenvalue weighted by molar-refractivity contribution is 7.89. The van der Waals surface area contributed by atoms with E-state index >= 15 is 0 Å². The van der Waals surface area contributed by atoms with Gasteiger partial charge in [0.2, 0.25) is 10.0 Å². The molecule has 1 aromatic rings. The van der Waals surface area contributed by atoms with E-state index in [4.69, 9.17) is 0 Å². The minimum atomic E-state index is -3.42. The lowest BCUT2D eigenvalue weighted by molar-refractivity contribution is 0.588. The summed E-state index contributed by atoms with van der Waals surface area (Å²) in [6, 6.07) is 4.97. The van der Waals surface area contributed by atoms with E-state index < -0.39 is 10.0 Å². The Morgan fingerprint density at radius 1 is 1.39 bits per heavy atom. The topological polar surface area (TPSA) is 70.6 Å². The van der Waals surface area contributed by atoms with Crippen LogP contribution in [0.4, 0.5) is 5.69 Å². The van der Waals surface area contributed by atoms with Crippen molar-refractivity contribution in [1.82, 2.24) is 4.72 Å². The summed E-state index contributed by atoms with van der Waals surface area (Å²) in [6.07, 6.45) is 0.763. The quantitative estimate of drug-likeness (QED) is 0.646. The van der Waals surface area contributed by atoms with Gasteiger partial charge in [-0.3, -0.25) is 4.99 Å². The molecule has 0 aliphatic heterocycles. The number of nitrogens with one attached hydrogen (secondary N) is 2. The molecule has 0 saturated heterocycles. The van der Waals surface area contributed by atoms with Gasteiger partial charge >= 0.3 is 0 Å². The molecule has 18 heavy (non-hydrogen) atoms. The van der Waals surface area contributed by atoms with E-state index in [9.17, 15) is 8.42 Å². The van der Waals surface area contributed by atoms with Gasteiger partial charge in [0.15, 0.2) is 0 Å². The molecule has 0 unspecified atom stereocenters. The van der Waals surface area contributed by atoms with E-state index in [1.165, 1.54) is 7.05 Å². The molecule has 0 heterocycles. The van der Waals surface area contributed by atoms with Crippen LogP contribution < -0.4 is 10.0 Å². The molecule has 0 amide bonds. The Kier molecular flexibility index (Phi) is 4.86. The maximum atomic E-state index is 11.7. The predicted molar refractivity (Wildman–Crippen MR) is 74.7 cm³/mol. The number of hydrogen-bond acceptors (Lipinski definition) is 3. The van der Waals surface area contributed by atoms with Crippen LogP contribution in [0.2, 0.25) is 0 Å². The summed E-state index contributed by atoms with van der Waals surface area (Å²) in [5.74, 6) is 0.817. The Labute approximate surface area is 108 Å². The lowest BCUT2D eigenvalue weighted by atomic mass is 10.2. The highest BCUT2D eigenvalue weighted by atomic mass is 32.2. The number of nitrogens with zero attached hydrogens (tertiary/aromatic N) is 1. The lowest BCUT2D eigenvalue weighted by Crippen LogP contribution is -2.19. The monoisotopic (exact) mass is 269 g/mol. The molecule has 0 aromatic heterocycles. The van der Waals surface area contributed by atoms with Gasteiger partial charge in [-0.2, -0.15) is 0 Å². The second-order valence-electron chi connectivity index (χ2n) is 3.83. The fourth-order valence-corrected chi connectivity index (χ4v) is 2.23. The number of aliphatic imine (C=N–C) groups is 1. The zero-order valence-corrected chi connectivity index (χ0v) is 11.9. The van der Waals surface area contributed by atoms with Crippen LogP contribution in [-0.4, -0.2) is 28.3 Å². The molecule has 1 aromatic carbocycles. The fourth-order valence-electron chi connectivity index (χ4n) is 1.48. The Morgan fingerprint density at radius 3 is 2.56 bits per heavy atom. The number of sulfonamides is 1. The van der Waals surface area contributed by atoms with Gasteiger partial charge in [-0.15, -0.1) is 0 Å². The molecule has 0 aliphatic rings. The van der Waals surface area contributed by atoms with Gasteiger partial charge in [0.05, 0.1) is 4.90 Å². The van der Waals surface area contributed by atoms with Crippen molar-refractivity contribution in [2.45, 2.75) is 25.2 Å². The maximum Gasteiger partial charge on any atom is 0.240 e. The molecule has 2 N–H and O–H groups in total. The minimum Gasteiger partial charge on any atom is -0.344 e. The minimum absolute atomic E-state index is 0.240. The van der Waals surface area contributed by atoms with Crippen molar-refractivity contribution in [2.75, 3.05) is 19.4 Å². The molecular formula is C12H19N3O2S. The van der Waals surface area contributed by atoms with E-state index in [1.807, 2.05) is 13.8 Å². The highest BCUT2D eigenvalue weighted by Crippen LogP contribution is 2.20. The summed E-state index contributed by atoms with van der Waals surface area (Å²) in [5.41, 5.74) is 1.73. The standard InChI is InChI=1S/C12H19N3O2S/c1-5-12(13-3)15-11-8-10(7-6-9(11)2)18(16,17)14-4/h6-8,14H,5H2,1-4H3,(H,13,15). The van der Waals surface area contributed by atoms with Crippen molar-refractivity contribution < 1.29 is 8.42 Å². The first-order valence-corrected chi connectivity index (χ1v) is 7.19. The number of benzene rings is 1. The van der Waals surface area contributed by atoms with Gasteiger partial charge in [-0.25, -0.2) is 13.1 Å². The Hall–Kier alpha value is -1.40. The van der Waals surface area contributed by atoms with Crippen molar-refractivity contribution in [2.24, 2.45) is 4.99 Å². The zero-order chi connectivity index (χ0) is 13.8. The first-order chi connectivity index (χ1) is 8.44. The Bertz CT molecular complexity index is 550. The molecular weight excluding hydrogens is 250 g/mol. The number of rotatable bonds is 4. The molecule has 0 radical (unpaired) electrons. The largest absolute Gasteiger partial charge is 0.344 e. The summed E-state index contributed by atoms with van der Waals surface area (Å²) in [5, 5.41) is 3.14. The third-order valence-corrected chi connectivity index (χ3v) is 4.08. The van der Waals surface area contributed by atoms with Crippen LogP contribution in [0, 0.1) is 6.92 Å². The van der Waals surface area contributed by atoms with Gasteiger partial charge in [0.1, 0.15) is 5.84 Å². The van der Waals surface area contributed by atoms with E-state index in [1.54, 1.807) is 25.2 Å². The van der Waals surface area contributed by atoms with E-state index in [0.29, 0.717) is 0 Å². The van der Waals surface area contributed by atoms with Crippen LogP contribution in [-0.2, 0) is 10.0 Å². The first-order valence-electron chi connectivity index (χ1n) is 5.71. The van der Waals surface area contributed by atoms with E-state index in [0.717, 1.165) is 23.5 Å². The van der Waals surface area contributed by atoms with Gasteiger partial charge in [-0.05, 0) is 31.7 Å². The molecule has 0 fully saturated rings. The highest BCUT2D eigenvalue weighted by Gasteiger charge is 2.13. The molecule has 0 atom stereocenters. The molecule has 0 saturated carbocycles. The van der Waals surface area contributed by atoms with E-state index in [-0.39, 0.29) is 4.90 Å². The molecule has 0 bridgehead atoms. The second-order valence-corrected chi connectivity index (χ2v) is 5.72. The number of aryl methyl sites for hydroxylation is 1. The lowest BCUT2D eigenvalue weighted by Gasteiger charge is -2.12. The SMILES string of the molecule is CC/C(=N\C)Nc1cc(S(=O)(=O)NC)ccc1C.